The summed E-state index contributed by atoms with van der Waals surface area (Å²) in [5.74, 6) is -0.136. The Morgan fingerprint density at radius 2 is 1.88 bits per heavy atom. The van der Waals surface area contributed by atoms with E-state index in [-0.39, 0.29) is 12.5 Å². The molecule has 0 spiro atoms. The Bertz CT molecular complexity index is 729. The lowest BCUT2D eigenvalue weighted by molar-refractivity contribution is -0.142. The fourth-order valence-corrected chi connectivity index (χ4v) is 4.47. The predicted molar refractivity (Wildman–Crippen MR) is 107 cm³/mol. The first-order valence-electron chi connectivity index (χ1n) is 8.95. The summed E-state index contributed by atoms with van der Waals surface area (Å²) in [5, 5.41) is 6.77. The number of nitrogens with one attached hydrogen (secondary N) is 1. The van der Waals surface area contributed by atoms with E-state index in [0.29, 0.717) is 18.0 Å². The summed E-state index contributed by atoms with van der Waals surface area (Å²) < 4.78 is 5.27. The van der Waals surface area contributed by atoms with Crippen LogP contribution in [0.15, 0.2) is 35.0 Å². The summed E-state index contributed by atoms with van der Waals surface area (Å²) in [6.45, 7) is 0.442. The van der Waals surface area contributed by atoms with Gasteiger partial charge in [-0.25, -0.2) is 4.79 Å². The Balaban J connectivity index is 1.53. The lowest BCUT2D eigenvalue weighted by atomic mass is 9.89. The summed E-state index contributed by atoms with van der Waals surface area (Å²) in [7, 11) is 0. The van der Waals surface area contributed by atoms with E-state index in [1.54, 1.807) is 11.3 Å². The number of carbonyl (C=O) groups is 2. The van der Waals surface area contributed by atoms with E-state index < -0.39 is 5.97 Å². The van der Waals surface area contributed by atoms with Crippen LogP contribution in [0.5, 0.6) is 0 Å². The molecule has 0 saturated heterocycles. The molecular weight excluding hydrogens is 366 g/mol. The smallest absolute Gasteiger partial charge is 0.340 e. The summed E-state index contributed by atoms with van der Waals surface area (Å²) in [5.41, 5.74) is 0.488. The molecule has 2 heterocycles. The highest BCUT2D eigenvalue weighted by Crippen LogP contribution is 2.26. The van der Waals surface area contributed by atoms with Crippen LogP contribution in [-0.4, -0.2) is 25.0 Å². The van der Waals surface area contributed by atoms with Gasteiger partial charge >= 0.3 is 5.97 Å². The van der Waals surface area contributed by atoms with Crippen LogP contribution in [0.3, 0.4) is 0 Å². The van der Waals surface area contributed by atoms with Crippen LogP contribution < -0.4 is 5.32 Å². The first-order valence-corrected chi connectivity index (χ1v) is 10.7. The van der Waals surface area contributed by atoms with Crippen LogP contribution in [0.4, 0.5) is 0 Å². The molecule has 6 heteroatoms. The Hall–Kier alpha value is -1.92. The largest absolute Gasteiger partial charge is 0.452 e. The molecule has 1 saturated carbocycles. The van der Waals surface area contributed by atoms with Gasteiger partial charge in [0.15, 0.2) is 6.61 Å². The van der Waals surface area contributed by atoms with E-state index in [1.165, 1.54) is 43.4 Å². The van der Waals surface area contributed by atoms with Crippen LogP contribution in [0.25, 0.3) is 11.6 Å². The predicted octanol–water partition coefficient (Wildman–Crippen LogP) is 4.59. The second kappa shape index (κ2) is 9.69. The normalized spacial score (nSPS) is 15.6. The zero-order valence-corrected chi connectivity index (χ0v) is 16.2. The molecule has 1 aliphatic carbocycles. The van der Waals surface area contributed by atoms with Gasteiger partial charge in [-0.05, 0) is 47.7 Å². The van der Waals surface area contributed by atoms with Gasteiger partial charge in [0, 0.05) is 16.3 Å². The maximum Gasteiger partial charge on any atom is 0.340 e. The van der Waals surface area contributed by atoms with Crippen molar-refractivity contribution in [3.63, 3.8) is 0 Å². The molecule has 0 radical (unpaired) electrons. The molecule has 1 fully saturated rings. The highest BCUT2D eigenvalue weighted by atomic mass is 32.1. The molecule has 3 rings (SSSR count). The Morgan fingerprint density at radius 3 is 2.58 bits per heavy atom. The van der Waals surface area contributed by atoms with Crippen molar-refractivity contribution in [3.8, 4) is 0 Å². The van der Waals surface area contributed by atoms with Gasteiger partial charge in [0.1, 0.15) is 0 Å². The number of ether oxygens (including phenoxy) is 1. The lowest BCUT2D eigenvalue weighted by Crippen LogP contribution is -2.33. The monoisotopic (exact) mass is 389 g/mol. The Kier molecular flexibility index (Phi) is 7.03. The van der Waals surface area contributed by atoms with E-state index >= 15 is 0 Å². The molecule has 1 N–H and O–H groups in total. The third kappa shape index (κ3) is 5.54. The number of esters is 1. The first-order chi connectivity index (χ1) is 12.7. The van der Waals surface area contributed by atoms with Gasteiger partial charge in [-0.15, -0.1) is 22.7 Å². The van der Waals surface area contributed by atoms with E-state index in [1.807, 2.05) is 41.1 Å². The molecule has 26 heavy (non-hydrogen) atoms. The SMILES string of the molecule is O=C(COC(=O)/C(=C/c1cccs1)c1cccs1)NCC1CCCCC1. The third-order valence-corrected chi connectivity index (χ3v) is 6.21. The molecule has 0 aromatic carbocycles. The van der Waals surface area contributed by atoms with Gasteiger partial charge < -0.3 is 10.1 Å². The van der Waals surface area contributed by atoms with Crippen molar-refractivity contribution in [1.29, 1.82) is 0 Å². The molecule has 2 aromatic heterocycles. The quantitative estimate of drug-likeness (QED) is 0.557. The fraction of sp³-hybridized carbons (Fsp3) is 0.400. The van der Waals surface area contributed by atoms with Crippen molar-refractivity contribution in [3.05, 3.63) is 44.8 Å². The molecule has 138 valence electrons. The maximum atomic E-state index is 12.5. The van der Waals surface area contributed by atoms with Crippen molar-refractivity contribution in [1.82, 2.24) is 5.32 Å². The number of amides is 1. The van der Waals surface area contributed by atoms with Crippen molar-refractivity contribution < 1.29 is 14.3 Å². The van der Waals surface area contributed by atoms with Gasteiger partial charge in [-0.3, -0.25) is 4.79 Å². The van der Waals surface area contributed by atoms with Gasteiger partial charge in [0.05, 0.1) is 5.57 Å². The van der Waals surface area contributed by atoms with Crippen LogP contribution in [-0.2, 0) is 14.3 Å². The second-order valence-electron chi connectivity index (χ2n) is 6.43. The van der Waals surface area contributed by atoms with Crippen molar-refractivity contribution in [2.45, 2.75) is 32.1 Å². The van der Waals surface area contributed by atoms with E-state index in [0.717, 1.165) is 9.75 Å². The molecule has 0 bridgehead atoms. The maximum absolute atomic E-state index is 12.5. The number of hydrogen-bond acceptors (Lipinski definition) is 5. The van der Waals surface area contributed by atoms with Crippen molar-refractivity contribution in [2.75, 3.05) is 13.2 Å². The topological polar surface area (TPSA) is 55.4 Å². The zero-order valence-electron chi connectivity index (χ0n) is 14.6. The summed E-state index contributed by atoms with van der Waals surface area (Å²) in [6.07, 6.45) is 7.95. The highest BCUT2D eigenvalue weighted by Gasteiger charge is 2.18. The Labute approximate surface area is 161 Å². The van der Waals surface area contributed by atoms with Crippen LogP contribution in [0.1, 0.15) is 41.9 Å². The third-order valence-electron chi connectivity index (χ3n) is 4.48. The molecule has 0 aliphatic heterocycles. The molecule has 4 nitrogen and oxygen atoms in total. The second-order valence-corrected chi connectivity index (χ2v) is 8.36. The molecule has 1 amide bonds. The first kappa shape index (κ1) is 18.9. The van der Waals surface area contributed by atoms with E-state index in [2.05, 4.69) is 5.32 Å². The van der Waals surface area contributed by atoms with Crippen LogP contribution >= 0.6 is 22.7 Å². The molecule has 2 aromatic rings. The summed E-state index contributed by atoms with van der Waals surface area (Å²) in [4.78, 5) is 26.3. The highest BCUT2D eigenvalue weighted by molar-refractivity contribution is 7.12. The molecule has 0 atom stereocenters. The van der Waals surface area contributed by atoms with Crippen molar-refractivity contribution >= 4 is 46.2 Å². The number of hydrogen-bond donors (Lipinski definition) is 1. The molecular formula is C20H23NO3S2. The van der Waals surface area contributed by atoms with Crippen LogP contribution in [0, 0.1) is 5.92 Å². The molecule has 1 aliphatic rings. The Morgan fingerprint density at radius 1 is 1.12 bits per heavy atom. The lowest BCUT2D eigenvalue weighted by Gasteiger charge is -2.21. The van der Waals surface area contributed by atoms with Crippen molar-refractivity contribution in [2.24, 2.45) is 5.92 Å². The summed E-state index contributed by atoms with van der Waals surface area (Å²) >= 11 is 3.03. The average molecular weight is 390 g/mol. The minimum Gasteiger partial charge on any atom is -0.452 e. The average Bonchev–Trinajstić information content (AvgIpc) is 3.37. The summed E-state index contributed by atoms with van der Waals surface area (Å²) in [6, 6.07) is 7.66. The number of carbonyl (C=O) groups excluding carboxylic acids is 2. The van der Waals surface area contributed by atoms with Gasteiger partial charge in [-0.1, -0.05) is 31.4 Å². The van der Waals surface area contributed by atoms with E-state index in [4.69, 9.17) is 4.74 Å². The van der Waals surface area contributed by atoms with Gasteiger partial charge in [-0.2, -0.15) is 0 Å². The molecule has 0 unspecified atom stereocenters. The standard InChI is InChI=1S/C20H23NO3S2/c22-19(21-13-15-6-2-1-3-7-15)14-24-20(23)17(18-9-5-11-26-18)12-16-8-4-10-25-16/h4-5,8-12,15H,1-3,6-7,13-14H2,(H,21,22)/b17-12+. The number of thiophene rings is 2. The fourth-order valence-electron chi connectivity index (χ4n) is 3.09. The number of rotatable bonds is 7. The minimum atomic E-state index is -0.464. The van der Waals surface area contributed by atoms with Gasteiger partial charge in [0.25, 0.3) is 5.91 Å². The van der Waals surface area contributed by atoms with E-state index in [9.17, 15) is 9.59 Å². The van der Waals surface area contributed by atoms with Gasteiger partial charge in [0.2, 0.25) is 0 Å². The zero-order chi connectivity index (χ0) is 18.2. The van der Waals surface area contributed by atoms with Crippen LogP contribution in [0.2, 0.25) is 0 Å². The minimum absolute atomic E-state index is 0.231.